The molecule has 3 aromatic rings. The second kappa shape index (κ2) is 7.72. The van der Waals surface area contributed by atoms with Gasteiger partial charge in [-0.2, -0.15) is 0 Å². The zero-order valence-electron chi connectivity index (χ0n) is 13.4. The van der Waals surface area contributed by atoms with Crippen LogP contribution in [0.5, 0.6) is 0 Å². The Bertz CT molecular complexity index is 884. The molecule has 2 aromatic heterocycles. The largest absolute Gasteiger partial charge is 0.462 e. The van der Waals surface area contributed by atoms with Crippen molar-refractivity contribution >= 4 is 29.1 Å². The Morgan fingerprint density at radius 1 is 1.16 bits per heavy atom. The fraction of sp³-hybridized carbons (Fsp3) is 0.111. The summed E-state index contributed by atoms with van der Waals surface area (Å²) in [6, 6.07) is 9.00. The van der Waals surface area contributed by atoms with E-state index in [1.165, 1.54) is 6.20 Å². The molecule has 0 bridgehead atoms. The second-order valence-electron chi connectivity index (χ2n) is 5.10. The van der Waals surface area contributed by atoms with Gasteiger partial charge < -0.3 is 10.1 Å². The van der Waals surface area contributed by atoms with E-state index in [-0.39, 0.29) is 0 Å². The third kappa shape index (κ3) is 4.30. The molecular formula is C18H15ClN4O2. The fourth-order valence-electron chi connectivity index (χ4n) is 2.16. The number of rotatable bonds is 5. The molecule has 7 heteroatoms. The Morgan fingerprint density at radius 3 is 2.76 bits per heavy atom. The Morgan fingerprint density at radius 2 is 2.04 bits per heavy atom. The molecule has 0 fully saturated rings. The first-order valence-electron chi connectivity index (χ1n) is 7.63. The Labute approximate surface area is 149 Å². The standard InChI is InChI=1S/C18H15ClN4O2/c1-2-25-18(24)13-6-12(8-20-9-13)16-10-22-17(11-21-16)23-15-5-3-4-14(19)7-15/h3-11H,2H2,1H3,(H,22,23). The van der Waals surface area contributed by atoms with Crippen LogP contribution in [-0.2, 0) is 4.74 Å². The molecule has 6 nitrogen and oxygen atoms in total. The van der Waals surface area contributed by atoms with Crippen LogP contribution in [0.3, 0.4) is 0 Å². The van der Waals surface area contributed by atoms with Crippen molar-refractivity contribution in [2.24, 2.45) is 0 Å². The molecule has 0 amide bonds. The summed E-state index contributed by atoms with van der Waals surface area (Å²) in [6.07, 6.45) is 6.30. The van der Waals surface area contributed by atoms with Crippen LogP contribution >= 0.6 is 11.6 Å². The zero-order chi connectivity index (χ0) is 17.6. The van der Waals surface area contributed by atoms with E-state index in [9.17, 15) is 4.79 Å². The van der Waals surface area contributed by atoms with Crippen molar-refractivity contribution in [1.82, 2.24) is 15.0 Å². The second-order valence-corrected chi connectivity index (χ2v) is 5.54. The highest BCUT2D eigenvalue weighted by atomic mass is 35.5. The number of carbonyl (C=O) groups is 1. The molecule has 0 unspecified atom stereocenters. The first-order valence-corrected chi connectivity index (χ1v) is 8.00. The van der Waals surface area contributed by atoms with Crippen LogP contribution in [0, 0.1) is 0 Å². The van der Waals surface area contributed by atoms with Gasteiger partial charge in [0.2, 0.25) is 0 Å². The molecule has 1 aromatic carbocycles. The number of hydrogen-bond acceptors (Lipinski definition) is 6. The van der Waals surface area contributed by atoms with E-state index in [2.05, 4.69) is 20.3 Å². The Balaban J connectivity index is 1.78. The van der Waals surface area contributed by atoms with Gasteiger partial charge in [0.15, 0.2) is 0 Å². The summed E-state index contributed by atoms with van der Waals surface area (Å²) in [7, 11) is 0. The van der Waals surface area contributed by atoms with Crippen molar-refractivity contribution in [2.75, 3.05) is 11.9 Å². The minimum absolute atomic E-state index is 0.312. The molecule has 0 saturated carbocycles. The number of anilines is 2. The number of nitrogens with zero attached hydrogens (tertiary/aromatic N) is 3. The first kappa shape index (κ1) is 16.9. The highest BCUT2D eigenvalue weighted by Gasteiger charge is 2.09. The normalized spacial score (nSPS) is 10.3. The van der Waals surface area contributed by atoms with Gasteiger partial charge in [0.05, 0.1) is 30.3 Å². The SMILES string of the molecule is CCOC(=O)c1cncc(-c2cnc(Nc3cccc(Cl)c3)cn2)c1. The van der Waals surface area contributed by atoms with Gasteiger partial charge in [-0.3, -0.25) is 9.97 Å². The highest BCUT2D eigenvalue weighted by Crippen LogP contribution is 2.21. The zero-order valence-corrected chi connectivity index (χ0v) is 14.2. The topological polar surface area (TPSA) is 77.0 Å². The third-order valence-electron chi connectivity index (χ3n) is 3.29. The van der Waals surface area contributed by atoms with E-state index in [0.717, 1.165) is 5.69 Å². The first-order chi connectivity index (χ1) is 12.2. The van der Waals surface area contributed by atoms with Crippen LogP contribution in [0.4, 0.5) is 11.5 Å². The van der Waals surface area contributed by atoms with E-state index in [1.54, 1.807) is 43.7 Å². The van der Waals surface area contributed by atoms with Gasteiger partial charge >= 0.3 is 5.97 Å². The van der Waals surface area contributed by atoms with Crippen molar-refractivity contribution in [1.29, 1.82) is 0 Å². The van der Waals surface area contributed by atoms with Crippen molar-refractivity contribution < 1.29 is 9.53 Å². The molecule has 0 aliphatic heterocycles. The molecule has 126 valence electrons. The number of aromatic nitrogens is 3. The number of benzene rings is 1. The summed E-state index contributed by atoms with van der Waals surface area (Å²) in [6.45, 7) is 2.07. The average molecular weight is 355 g/mol. The summed E-state index contributed by atoms with van der Waals surface area (Å²) in [4.78, 5) is 24.6. The molecule has 0 saturated heterocycles. The molecule has 1 N–H and O–H groups in total. The molecule has 0 spiro atoms. The lowest BCUT2D eigenvalue weighted by Gasteiger charge is -2.07. The maximum atomic E-state index is 11.8. The van der Waals surface area contributed by atoms with Gasteiger partial charge in [-0.15, -0.1) is 0 Å². The monoisotopic (exact) mass is 354 g/mol. The predicted molar refractivity (Wildman–Crippen MR) is 96.0 cm³/mol. The summed E-state index contributed by atoms with van der Waals surface area (Å²) in [5.74, 6) is 0.171. The molecule has 0 radical (unpaired) electrons. The van der Waals surface area contributed by atoms with Crippen LogP contribution < -0.4 is 5.32 Å². The van der Waals surface area contributed by atoms with Gasteiger partial charge in [-0.1, -0.05) is 17.7 Å². The van der Waals surface area contributed by atoms with E-state index in [1.807, 2.05) is 12.1 Å². The molecule has 0 aliphatic carbocycles. The summed E-state index contributed by atoms with van der Waals surface area (Å²) in [5, 5.41) is 3.76. The minimum Gasteiger partial charge on any atom is -0.462 e. The van der Waals surface area contributed by atoms with Gasteiger partial charge in [0.25, 0.3) is 0 Å². The molecule has 25 heavy (non-hydrogen) atoms. The number of carbonyl (C=O) groups excluding carboxylic acids is 1. The highest BCUT2D eigenvalue weighted by molar-refractivity contribution is 6.30. The molecule has 0 aliphatic rings. The maximum absolute atomic E-state index is 11.8. The van der Waals surface area contributed by atoms with Gasteiger partial charge in [-0.25, -0.2) is 9.78 Å². The molecule has 0 atom stereocenters. The van der Waals surface area contributed by atoms with Crippen molar-refractivity contribution in [3.8, 4) is 11.3 Å². The number of halogens is 1. The minimum atomic E-state index is -0.413. The number of pyridine rings is 1. The van der Waals surface area contributed by atoms with E-state index >= 15 is 0 Å². The lowest BCUT2D eigenvalue weighted by Crippen LogP contribution is -2.05. The summed E-state index contributed by atoms with van der Waals surface area (Å²) in [5.41, 5.74) is 2.49. The summed E-state index contributed by atoms with van der Waals surface area (Å²) < 4.78 is 4.98. The lowest BCUT2D eigenvalue weighted by atomic mass is 10.1. The van der Waals surface area contributed by atoms with E-state index < -0.39 is 5.97 Å². The van der Waals surface area contributed by atoms with Crippen LogP contribution in [0.25, 0.3) is 11.3 Å². The van der Waals surface area contributed by atoms with Gasteiger partial charge in [0, 0.05) is 28.7 Å². The number of nitrogens with one attached hydrogen (secondary N) is 1. The smallest absolute Gasteiger partial charge is 0.339 e. The van der Waals surface area contributed by atoms with Gasteiger partial charge in [0.1, 0.15) is 5.82 Å². The number of hydrogen-bond donors (Lipinski definition) is 1. The van der Waals surface area contributed by atoms with E-state index in [4.69, 9.17) is 16.3 Å². The van der Waals surface area contributed by atoms with Crippen LogP contribution in [0.1, 0.15) is 17.3 Å². The third-order valence-corrected chi connectivity index (χ3v) is 3.53. The van der Waals surface area contributed by atoms with Crippen LogP contribution in [0.2, 0.25) is 5.02 Å². The lowest BCUT2D eigenvalue weighted by molar-refractivity contribution is 0.0526. The number of ether oxygens (including phenoxy) is 1. The Hall–Kier alpha value is -2.99. The molecular weight excluding hydrogens is 340 g/mol. The quantitative estimate of drug-likeness (QED) is 0.695. The maximum Gasteiger partial charge on any atom is 0.339 e. The molecule has 2 heterocycles. The molecule has 3 rings (SSSR count). The van der Waals surface area contributed by atoms with Crippen molar-refractivity contribution in [3.05, 3.63) is 65.7 Å². The predicted octanol–water partition coefficient (Wildman–Crippen LogP) is 4.11. The van der Waals surface area contributed by atoms with Crippen molar-refractivity contribution in [3.63, 3.8) is 0 Å². The van der Waals surface area contributed by atoms with Crippen LogP contribution in [-0.4, -0.2) is 27.5 Å². The summed E-state index contributed by atoms with van der Waals surface area (Å²) >= 11 is 5.96. The average Bonchev–Trinajstić information content (AvgIpc) is 2.63. The van der Waals surface area contributed by atoms with Gasteiger partial charge in [-0.05, 0) is 31.2 Å². The fourth-order valence-corrected chi connectivity index (χ4v) is 2.35. The number of esters is 1. The Kier molecular flexibility index (Phi) is 5.20. The van der Waals surface area contributed by atoms with Crippen molar-refractivity contribution in [2.45, 2.75) is 6.92 Å². The van der Waals surface area contributed by atoms with E-state index in [0.29, 0.717) is 34.3 Å². The van der Waals surface area contributed by atoms with Crippen LogP contribution in [0.15, 0.2) is 55.1 Å².